The molecule has 0 amide bonds. The second-order valence-electron chi connectivity index (χ2n) is 5.92. The highest BCUT2D eigenvalue weighted by Gasteiger charge is 2.09. The predicted octanol–water partition coefficient (Wildman–Crippen LogP) is 4.88. The van der Waals surface area contributed by atoms with Crippen molar-refractivity contribution in [1.29, 1.82) is 0 Å². The third-order valence-corrected chi connectivity index (χ3v) is 4.27. The molecule has 0 aliphatic carbocycles. The van der Waals surface area contributed by atoms with Gasteiger partial charge >= 0.3 is 0 Å². The summed E-state index contributed by atoms with van der Waals surface area (Å²) in [6.07, 6.45) is 1.30. The fourth-order valence-electron chi connectivity index (χ4n) is 2.60. The summed E-state index contributed by atoms with van der Waals surface area (Å²) in [7, 11) is 0. The molecular formula is C20H11ClN3O4-. The second-order valence-corrected chi connectivity index (χ2v) is 6.35. The maximum absolute atomic E-state index is 11.9. The first-order valence-electron chi connectivity index (χ1n) is 8.16. The number of halogens is 1. The molecule has 3 aromatic carbocycles. The highest BCUT2D eigenvalue weighted by Crippen LogP contribution is 2.28. The molecule has 0 atom stereocenters. The first kappa shape index (κ1) is 17.7. The molecule has 0 bridgehead atoms. The molecule has 1 heterocycles. The minimum Gasteiger partial charge on any atom is -0.872 e. The zero-order valence-corrected chi connectivity index (χ0v) is 15.0. The normalized spacial score (nSPS) is 11.3. The molecule has 1 aromatic heterocycles. The van der Waals surface area contributed by atoms with E-state index in [1.807, 2.05) is 12.1 Å². The van der Waals surface area contributed by atoms with E-state index in [0.717, 1.165) is 11.6 Å². The lowest BCUT2D eigenvalue weighted by molar-refractivity contribution is -0.385. The zero-order chi connectivity index (χ0) is 19.7. The van der Waals surface area contributed by atoms with Crippen LogP contribution in [0.2, 0.25) is 5.02 Å². The van der Waals surface area contributed by atoms with Gasteiger partial charge in [0.15, 0.2) is 5.58 Å². The van der Waals surface area contributed by atoms with E-state index in [0.29, 0.717) is 27.7 Å². The van der Waals surface area contributed by atoms with Crippen molar-refractivity contribution in [2.24, 2.45) is 4.99 Å². The lowest BCUT2D eigenvalue weighted by atomic mass is 10.2. The molecule has 8 heteroatoms. The van der Waals surface area contributed by atoms with E-state index in [9.17, 15) is 15.2 Å². The molecular weight excluding hydrogens is 382 g/mol. The summed E-state index contributed by atoms with van der Waals surface area (Å²) in [6, 6.07) is 15.8. The number of rotatable bonds is 4. The third-order valence-electron chi connectivity index (χ3n) is 4.02. The number of hydrogen-bond donors (Lipinski definition) is 0. The Morgan fingerprint density at radius 2 is 1.86 bits per heavy atom. The number of aliphatic imine (C=N–C) groups is 1. The molecule has 0 aliphatic heterocycles. The first-order valence-corrected chi connectivity index (χ1v) is 8.53. The molecule has 0 saturated carbocycles. The van der Waals surface area contributed by atoms with E-state index >= 15 is 0 Å². The van der Waals surface area contributed by atoms with Gasteiger partial charge in [-0.15, -0.1) is 0 Å². The molecule has 138 valence electrons. The lowest BCUT2D eigenvalue weighted by Crippen LogP contribution is -1.98. The van der Waals surface area contributed by atoms with Gasteiger partial charge in [-0.1, -0.05) is 23.4 Å². The third kappa shape index (κ3) is 3.56. The van der Waals surface area contributed by atoms with E-state index < -0.39 is 4.92 Å². The Bertz CT molecular complexity index is 1220. The van der Waals surface area contributed by atoms with Gasteiger partial charge in [0, 0.05) is 35.0 Å². The van der Waals surface area contributed by atoms with Crippen molar-refractivity contribution in [3.05, 3.63) is 81.4 Å². The van der Waals surface area contributed by atoms with Gasteiger partial charge in [-0.25, -0.2) is 4.98 Å². The zero-order valence-electron chi connectivity index (χ0n) is 14.2. The SMILES string of the molecule is O=[N+]([O-])c1ccc([O-])c(C=Nc2ccc3nc(-c4ccc(Cl)cc4)oc3c2)c1. The summed E-state index contributed by atoms with van der Waals surface area (Å²) in [5, 5.41) is 23.3. The highest BCUT2D eigenvalue weighted by atomic mass is 35.5. The van der Waals surface area contributed by atoms with Crippen molar-refractivity contribution in [1.82, 2.24) is 4.98 Å². The van der Waals surface area contributed by atoms with Gasteiger partial charge in [0.2, 0.25) is 5.89 Å². The molecule has 0 fully saturated rings. The lowest BCUT2D eigenvalue weighted by Gasteiger charge is -2.08. The minimum absolute atomic E-state index is 0.133. The van der Waals surface area contributed by atoms with Crippen LogP contribution in [-0.2, 0) is 0 Å². The fraction of sp³-hybridized carbons (Fsp3) is 0. The molecule has 4 aromatic rings. The van der Waals surface area contributed by atoms with Gasteiger partial charge in [-0.3, -0.25) is 15.1 Å². The van der Waals surface area contributed by atoms with Crippen molar-refractivity contribution in [2.75, 3.05) is 0 Å². The largest absolute Gasteiger partial charge is 0.872 e. The molecule has 4 rings (SSSR count). The Hall–Kier alpha value is -3.71. The summed E-state index contributed by atoms with van der Waals surface area (Å²) >= 11 is 5.90. The standard InChI is InChI=1S/C20H12ClN3O4/c21-14-3-1-12(2-4-14)20-23-17-7-5-15(10-19(17)28-20)22-11-13-9-16(24(26)27)6-8-18(13)25/h1-11,25H/p-1. The number of oxazole rings is 1. The van der Waals surface area contributed by atoms with Crippen LogP contribution >= 0.6 is 11.6 Å². The Labute approximate surface area is 163 Å². The van der Waals surface area contributed by atoms with Crippen LogP contribution in [0.15, 0.2) is 70.1 Å². The van der Waals surface area contributed by atoms with Crippen LogP contribution in [0.4, 0.5) is 11.4 Å². The number of nitrogens with zero attached hydrogens (tertiary/aromatic N) is 3. The summed E-state index contributed by atoms with van der Waals surface area (Å²) in [5.41, 5.74) is 2.47. The van der Waals surface area contributed by atoms with Crippen LogP contribution in [0.25, 0.3) is 22.6 Å². The number of nitro groups is 1. The average Bonchev–Trinajstić information content (AvgIpc) is 3.11. The molecule has 0 radical (unpaired) electrons. The van der Waals surface area contributed by atoms with Crippen molar-refractivity contribution in [3.63, 3.8) is 0 Å². The average molecular weight is 393 g/mol. The number of aromatic nitrogens is 1. The van der Waals surface area contributed by atoms with Crippen LogP contribution in [0, 0.1) is 10.1 Å². The molecule has 7 nitrogen and oxygen atoms in total. The Morgan fingerprint density at radius 3 is 2.61 bits per heavy atom. The first-order chi connectivity index (χ1) is 13.5. The van der Waals surface area contributed by atoms with E-state index in [1.54, 1.807) is 30.3 Å². The van der Waals surface area contributed by atoms with Gasteiger partial charge < -0.3 is 9.52 Å². The van der Waals surface area contributed by atoms with Crippen LogP contribution in [0.5, 0.6) is 5.75 Å². The van der Waals surface area contributed by atoms with Crippen LogP contribution in [0.1, 0.15) is 5.56 Å². The highest BCUT2D eigenvalue weighted by molar-refractivity contribution is 6.30. The summed E-state index contributed by atoms with van der Waals surface area (Å²) in [4.78, 5) is 19.0. The summed E-state index contributed by atoms with van der Waals surface area (Å²) in [5.74, 6) is 0.105. The van der Waals surface area contributed by atoms with E-state index in [-0.39, 0.29) is 17.0 Å². The van der Waals surface area contributed by atoms with Crippen molar-refractivity contribution >= 4 is 40.3 Å². The maximum atomic E-state index is 11.9. The molecule has 28 heavy (non-hydrogen) atoms. The topological polar surface area (TPSA) is 105 Å². The maximum Gasteiger partial charge on any atom is 0.270 e. The van der Waals surface area contributed by atoms with Crippen molar-refractivity contribution in [2.45, 2.75) is 0 Å². The smallest absolute Gasteiger partial charge is 0.270 e. The molecule has 0 aliphatic rings. The van der Waals surface area contributed by atoms with Crippen LogP contribution < -0.4 is 5.11 Å². The van der Waals surface area contributed by atoms with Crippen molar-refractivity contribution < 1.29 is 14.4 Å². The Morgan fingerprint density at radius 1 is 1.07 bits per heavy atom. The summed E-state index contributed by atoms with van der Waals surface area (Å²) < 4.78 is 5.78. The van der Waals surface area contributed by atoms with Crippen LogP contribution in [0.3, 0.4) is 0 Å². The number of benzene rings is 3. The molecule has 0 N–H and O–H groups in total. The van der Waals surface area contributed by atoms with E-state index in [1.165, 1.54) is 18.3 Å². The molecule has 0 saturated heterocycles. The fourth-order valence-corrected chi connectivity index (χ4v) is 2.73. The molecule has 0 unspecified atom stereocenters. The van der Waals surface area contributed by atoms with E-state index in [4.69, 9.17) is 16.0 Å². The monoisotopic (exact) mass is 392 g/mol. The summed E-state index contributed by atoms with van der Waals surface area (Å²) in [6.45, 7) is 0. The Balaban J connectivity index is 1.65. The van der Waals surface area contributed by atoms with Crippen molar-refractivity contribution in [3.8, 4) is 17.2 Å². The Kier molecular flexibility index (Phi) is 4.50. The van der Waals surface area contributed by atoms with Gasteiger partial charge in [-0.05, 0) is 42.0 Å². The van der Waals surface area contributed by atoms with Gasteiger partial charge in [0.1, 0.15) is 5.52 Å². The number of hydrogen-bond acceptors (Lipinski definition) is 6. The van der Waals surface area contributed by atoms with E-state index in [2.05, 4.69) is 9.98 Å². The minimum atomic E-state index is -0.560. The van der Waals surface area contributed by atoms with Gasteiger partial charge in [-0.2, -0.15) is 0 Å². The number of fused-ring (bicyclic) bond motifs is 1. The second kappa shape index (κ2) is 7.13. The quantitative estimate of drug-likeness (QED) is 0.279. The van der Waals surface area contributed by atoms with Gasteiger partial charge in [0.25, 0.3) is 5.69 Å². The number of non-ortho nitro benzene ring substituents is 1. The van der Waals surface area contributed by atoms with Crippen LogP contribution in [-0.4, -0.2) is 16.1 Å². The number of nitro benzene ring substituents is 1. The van der Waals surface area contributed by atoms with Gasteiger partial charge in [0.05, 0.1) is 10.6 Å². The predicted molar refractivity (Wildman–Crippen MR) is 104 cm³/mol. The molecule has 0 spiro atoms.